The van der Waals surface area contributed by atoms with E-state index in [0.717, 1.165) is 25.1 Å². The van der Waals surface area contributed by atoms with Gasteiger partial charge in [-0.25, -0.2) is 4.39 Å². The molecule has 0 spiro atoms. The number of piperidine rings is 1. The monoisotopic (exact) mass is 237 g/mol. The van der Waals surface area contributed by atoms with Gasteiger partial charge in [-0.15, -0.1) is 0 Å². The number of hydrogen-bond donors (Lipinski definition) is 1. The summed E-state index contributed by atoms with van der Waals surface area (Å²) in [5, 5.41) is 3.35. The average molecular weight is 237 g/mol. The minimum absolute atomic E-state index is 0.0161. The molecule has 1 aliphatic heterocycles. The van der Waals surface area contributed by atoms with Gasteiger partial charge in [-0.05, 0) is 24.6 Å². The van der Waals surface area contributed by atoms with Crippen molar-refractivity contribution in [3.63, 3.8) is 0 Å². The van der Waals surface area contributed by atoms with Crippen molar-refractivity contribution in [3.8, 4) is 0 Å². The van der Waals surface area contributed by atoms with E-state index in [1.165, 1.54) is 6.07 Å². The van der Waals surface area contributed by atoms with E-state index in [4.69, 9.17) is 4.74 Å². The second-order valence-corrected chi connectivity index (χ2v) is 5.12. The molecule has 2 nitrogen and oxygen atoms in total. The molecule has 1 N–H and O–H groups in total. The summed E-state index contributed by atoms with van der Waals surface area (Å²) in [5.41, 5.74) is 0.821. The second kappa shape index (κ2) is 5.15. The van der Waals surface area contributed by atoms with Gasteiger partial charge in [0.2, 0.25) is 0 Å². The number of rotatable bonds is 3. The zero-order valence-corrected chi connectivity index (χ0v) is 10.5. The largest absolute Gasteiger partial charge is 0.384 e. The fraction of sp³-hybridized carbons (Fsp3) is 0.571. The molecule has 1 saturated heterocycles. The van der Waals surface area contributed by atoms with Gasteiger partial charge in [0.25, 0.3) is 0 Å². The van der Waals surface area contributed by atoms with E-state index < -0.39 is 0 Å². The van der Waals surface area contributed by atoms with Crippen LogP contribution in [0.1, 0.15) is 24.8 Å². The topological polar surface area (TPSA) is 21.3 Å². The summed E-state index contributed by atoms with van der Waals surface area (Å²) in [6.07, 6.45) is 1.01. The molecule has 0 bridgehead atoms. The maximum Gasteiger partial charge on any atom is 0.126 e. The normalized spacial score (nSPS) is 29.2. The first-order valence-corrected chi connectivity index (χ1v) is 6.11. The van der Waals surface area contributed by atoms with E-state index in [0.29, 0.717) is 6.61 Å². The predicted molar refractivity (Wildman–Crippen MR) is 66.6 cm³/mol. The first-order chi connectivity index (χ1) is 8.17. The molecule has 1 fully saturated rings. The Labute approximate surface area is 102 Å². The highest BCUT2D eigenvalue weighted by molar-refractivity contribution is 5.25. The molecular weight excluding hydrogens is 217 g/mol. The second-order valence-electron chi connectivity index (χ2n) is 5.12. The lowest BCUT2D eigenvalue weighted by Crippen LogP contribution is -2.44. The van der Waals surface area contributed by atoms with E-state index >= 15 is 0 Å². The molecule has 1 aliphatic rings. The molecule has 2 rings (SSSR count). The Bertz CT molecular complexity index is 378. The van der Waals surface area contributed by atoms with Crippen LogP contribution in [0.4, 0.5) is 4.39 Å². The number of methoxy groups -OCH3 is 1. The van der Waals surface area contributed by atoms with Crippen LogP contribution in [0, 0.1) is 11.2 Å². The average Bonchev–Trinajstić information content (AvgIpc) is 2.31. The highest BCUT2D eigenvalue weighted by atomic mass is 19.1. The first kappa shape index (κ1) is 12.5. The molecule has 1 heterocycles. The lowest BCUT2D eigenvalue weighted by atomic mass is 9.69. The minimum atomic E-state index is -0.108. The van der Waals surface area contributed by atoms with Gasteiger partial charge in [-0.3, -0.25) is 0 Å². The molecule has 0 amide bonds. The van der Waals surface area contributed by atoms with Gasteiger partial charge in [0, 0.05) is 25.0 Å². The van der Waals surface area contributed by atoms with E-state index in [9.17, 15) is 4.39 Å². The Balaban J connectivity index is 2.31. The van der Waals surface area contributed by atoms with Crippen LogP contribution in [-0.2, 0) is 4.74 Å². The van der Waals surface area contributed by atoms with Crippen molar-refractivity contribution in [1.82, 2.24) is 5.32 Å². The summed E-state index contributed by atoms with van der Waals surface area (Å²) in [7, 11) is 1.71. The van der Waals surface area contributed by atoms with Gasteiger partial charge in [-0.2, -0.15) is 0 Å². The quantitative estimate of drug-likeness (QED) is 0.872. The van der Waals surface area contributed by atoms with Crippen LogP contribution in [0.25, 0.3) is 0 Å². The van der Waals surface area contributed by atoms with E-state index in [2.05, 4.69) is 12.2 Å². The van der Waals surface area contributed by atoms with Gasteiger partial charge in [0.1, 0.15) is 5.82 Å². The highest BCUT2D eigenvalue weighted by Gasteiger charge is 2.38. The fourth-order valence-electron chi connectivity index (χ4n) is 2.79. The molecule has 1 aromatic rings. The third-order valence-corrected chi connectivity index (χ3v) is 3.82. The summed E-state index contributed by atoms with van der Waals surface area (Å²) in [4.78, 5) is 0. The van der Waals surface area contributed by atoms with Crippen LogP contribution in [0.3, 0.4) is 0 Å². The fourth-order valence-corrected chi connectivity index (χ4v) is 2.79. The number of ether oxygens (including phenoxy) is 1. The van der Waals surface area contributed by atoms with Crippen molar-refractivity contribution in [2.75, 3.05) is 26.8 Å². The molecule has 0 aromatic heterocycles. The standard InChI is InChI=1S/C14H20FNO/c1-14(10-17-2)7-8-16-9-12(14)11-5-3-4-6-13(11)15/h3-6,12,16H,7-10H2,1-2H3. The third-order valence-electron chi connectivity index (χ3n) is 3.82. The molecule has 0 aliphatic carbocycles. The summed E-state index contributed by atoms with van der Waals surface area (Å²) in [5.74, 6) is 0.0703. The number of nitrogens with one attached hydrogen (secondary N) is 1. The Kier molecular flexibility index (Phi) is 3.79. The van der Waals surface area contributed by atoms with Gasteiger partial charge in [-0.1, -0.05) is 25.1 Å². The molecule has 94 valence electrons. The lowest BCUT2D eigenvalue weighted by molar-refractivity contribution is 0.0499. The molecule has 1 aromatic carbocycles. The van der Waals surface area contributed by atoms with Crippen molar-refractivity contribution in [1.29, 1.82) is 0 Å². The first-order valence-electron chi connectivity index (χ1n) is 6.11. The van der Waals surface area contributed by atoms with Crippen LogP contribution in [0.5, 0.6) is 0 Å². The maximum atomic E-state index is 13.9. The molecular formula is C14H20FNO. The van der Waals surface area contributed by atoms with E-state index in [1.54, 1.807) is 13.2 Å². The summed E-state index contributed by atoms with van der Waals surface area (Å²) < 4.78 is 19.2. The molecule has 0 saturated carbocycles. The SMILES string of the molecule is COCC1(C)CCNCC1c1ccccc1F. The number of halogens is 1. The van der Waals surface area contributed by atoms with E-state index in [-0.39, 0.29) is 17.2 Å². The Morgan fingerprint density at radius 1 is 1.47 bits per heavy atom. The van der Waals surface area contributed by atoms with Crippen molar-refractivity contribution in [2.45, 2.75) is 19.3 Å². The zero-order chi connectivity index (χ0) is 12.3. The van der Waals surface area contributed by atoms with Crippen molar-refractivity contribution < 1.29 is 9.13 Å². The Morgan fingerprint density at radius 2 is 2.24 bits per heavy atom. The molecule has 2 unspecified atom stereocenters. The highest BCUT2D eigenvalue weighted by Crippen LogP contribution is 2.41. The molecule has 0 radical (unpaired) electrons. The lowest BCUT2D eigenvalue weighted by Gasteiger charge is -2.41. The number of hydrogen-bond acceptors (Lipinski definition) is 2. The van der Waals surface area contributed by atoms with Crippen LogP contribution < -0.4 is 5.32 Å². The van der Waals surface area contributed by atoms with Crippen molar-refractivity contribution >= 4 is 0 Å². The van der Waals surface area contributed by atoms with Crippen LogP contribution in [0.2, 0.25) is 0 Å². The van der Waals surface area contributed by atoms with Gasteiger partial charge in [0.05, 0.1) is 6.61 Å². The van der Waals surface area contributed by atoms with Crippen LogP contribution >= 0.6 is 0 Å². The summed E-state index contributed by atoms with van der Waals surface area (Å²) in [6.45, 7) is 4.66. The maximum absolute atomic E-state index is 13.9. The molecule has 3 heteroatoms. The van der Waals surface area contributed by atoms with Crippen molar-refractivity contribution in [2.24, 2.45) is 5.41 Å². The Hall–Kier alpha value is -0.930. The molecule has 2 atom stereocenters. The predicted octanol–water partition coefficient (Wildman–Crippen LogP) is 2.56. The smallest absolute Gasteiger partial charge is 0.126 e. The summed E-state index contributed by atoms with van der Waals surface area (Å²) >= 11 is 0. The van der Waals surface area contributed by atoms with Gasteiger partial charge in [0.15, 0.2) is 0 Å². The summed E-state index contributed by atoms with van der Waals surface area (Å²) in [6, 6.07) is 7.07. The van der Waals surface area contributed by atoms with Gasteiger partial charge < -0.3 is 10.1 Å². The third kappa shape index (κ3) is 2.50. The van der Waals surface area contributed by atoms with Gasteiger partial charge >= 0.3 is 0 Å². The number of benzene rings is 1. The van der Waals surface area contributed by atoms with Crippen LogP contribution in [-0.4, -0.2) is 26.8 Å². The minimum Gasteiger partial charge on any atom is -0.384 e. The van der Waals surface area contributed by atoms with Crippen molar-refractivity contribution in [3.05, 3.63) is 35.6 Å². The zero-order valence-electron chi connectivity index (χ0n) is 10.5. The Morgan fingerprint density at radius 3 is 2.94 bits per heavy atom. The van der Waals surface area contributed by atoms with E-state index in [1.807, 2.05) is 12.1 Å². The molecule has 17 heavy (non-hydrogen) atoms. The van der Waals surface area contributed by atoms with Crippen LogP contribution in [0.15, 0.2) is 24.3 Å².